The molecule has 0 saturated carbocycles. The van der Waals surface area contributed by atoms with E-state index >= 15 is 0 Å². The number of rotatable bonds is 3. The molecule has 0 fully saturated rings. The van der Waals surface area contributed by atoms with E-state index in [4.69, 9.17) is 11.6 Å². The Morgan fingerprint density at radius 3 is 1.73 bits per heavy atom. The summed E-state index contributed by atoms with van der Waals surface area (Å²) in [6.07, 6.45) is 0. The zero-order valence-corrected chi connectivity index (χ0v) is 12.7. The van der Waals surface area contributed by atoms with Crippen LogP contribution in [0.2, 0.25) is 0 Å². The van der Waals surface area contributed by atoms with Gasteiger partial charge in [-0.15, -0.1) is 11.6 Å². The van der Waals surface area contributed by atoms with Crippen LogP contribution in [0, 0.1) is 0 Å². The summed E-state index contributed by atoms with van der Waals surface area (Å²) in [5.74, 6) is 0. The van der Waals surface area contributed by atoms with Crippen LogP contribution in [0.15, 0.2) is 24.3 Å². The van der Waals surface area contributed by atoms with Crippen LogP contribution in [-0.4, -0.2) is 4.43 Å². The Morgan fingerprint density at radius 2 is 1.40 bits per heavy atom. The molecule has 2 heteroatoms. The van der Waals surface area contributed by atoms with Crippen molar-refractivity contribution in [1.82, 2.24) is 0 Å². The fourth-order valence-electron chi connectivity index (χ4n) is 1.39. The van der Waals surface area contributed by atoms with Crippen LogP contribution in [0.3, 0.4) is 0 Å². The van der Waals surface area contributed by atoms with Gasteiger partial charge in [0.2, 0.25) is 0 Å². The maximum atomic E-state index is 6.26. The smallest absolute Gasteiger partial charge is 0.0638 e. The van der Waals surface area contributed by atoms with Crippen molar-refractivity contribution in [2.45, 2.75) is 38.0 Å². The zero-order chi connectivity index (χ0) is 11.7. The van der Waals surface area contributed by atoms with Crippen LogP contribution < -0.4 is 0 Å². The van der Waals surface area contributed by atoms with Crippen LogP contribution >= 0.6 is 34.2 Å². The summed E-state index contributed by atoms with van der Waals surface area (Å²) in [6.45, 7) is 8.57. The Hall–Kier alpha value is 0.240. The second-order valence-electron chi connectivity index (χ2n) is 5.07. The highest BCUT2D eigenvalue weighted by Crippen LogP contribution is 2.31. The van der Waals surface area contributed by atoms with E-state index in [1.54, 1.807) is 0 Å². The quantitative estimate of drug-likeness (QED) is 0.545. The van der Waals surface area contributed by atoms with Gasteiger partial charge in [0.1, 0.15) is 0 Å². The summed E-state index contributed by atoms with van der Waals surface area (Å²) in [7, 11) is 0. The highest BCUT2D eigenvalue weighted by atomic mass is 127. The standard InChI is InChI=1S/C13H18ClI/c1-12(2,9-15)10-5-7-11(8-6-10)13(3,4)14/h5-8H,9H2,1-4H3. The average Bonchev–Trinajstić information content (AvgIpc) is 2.17. The van der Waals surface area contributed by atoms with E-state index in [0.717, 1.165) is 4.43 Å². The van der Waals surface area contributed by atoms with Gasteiger partial charge in [0.05, 0.1) is 4.87 Å². The summed E-state index contributed by atoms with van der Waals surface area (Å²) in [5.41, 5.74) is 2.80. The van der Waals surface area contributed by atoms with E-state index in [1.807, 2.05) is 13.8 Å². The van der Waals surface area contributed by atoms with Crippen molar-refractivity contribution in [1.29, 1.82) is 0 Å². The molecule has 1 rings (SSSR count). The molecule has 84 valence electrons. The minimum atomic E-state index is -0.271. The van der Waals surface area contributed by atoms with E-state index in [-0.39, 0.29) is 10.3 Å². The predicted molar refractivity (Wildman–Crippen MR) is 77.2 cm³/mol. The topological polar surface area (TPSA) is 0 Å². The van der Waals surface area contributed by atoms with E-state index in [0.29, 0.717) is 0 Å². The second kappa shape index (κ2) is 4.62. The van der Waals surface area contributed by atoms with Gasteiger partial charge in [0.25, 0.3) is 0 Å². The minimum Gasteiger partial charge on any atom is -0.115 e. The van der Waals surface area contributed by atoms with E-state index < -0.39 is 0 Å². The molecule has 0 nitrogen and oxygen atoms in total. The first-order valence-electron chi connectivity index (χ1n) is 5.13. The Balaban J connectivity index is 3.01. The van der Waals surface area contributed by atoms with Crippen LogP contribution in [0.1, 0.15) is 38.8 Å². The van der Waals surface area contributed by atoms with E-state index in [1.165, 1.54) is 11.1 Å². The molecule has 0 spiro atoms. The Morgan fingerprint density at radius 1 is 1.00 bits per heavy atom. The summed E-state index contributed by atoms with van der Waals surface area (Å²) in [4.78, 5) is -0.271. The average molecular weight is 337 g/mol. The van der Waals surface area contributed by atoms with Crippen molar-refractivity contribution in [3.63, 3.8) is 0 Å². The molecule has 0 aliphatic rings. The van der Waals surface area contributed by atoms with Crippen molar-refractivity contribution in [2.75, 3.05) is 4.43 Å². The molecule has 0 N–H and O–H groups in total. The molecule has 0 unspecified atom stereocenters. The number of alkyl halides is 2. The SMILES string of the molecule is CC(C)(Cl)c1ccc(C(C)(C)CI)cc1. The summed E-state index contributed by atoms with van der Waals surface area (Å²) in [5, 5.41) is 0. The lowest BCUT2D eigenvalue weighted by Crippen LogP contribution is -2.19. The lowest BCUT2D eigenvalue weighted by Gasteiger charge is -2.24. The van der Waals surface area contributed by atoms with Gasteiger partial charge >= 0.3 is 0 Å². The molecule has 0 bridgehead atoms. The molecule has 0 heterocycles. The second-order valence-corrected chi connectivity index (χ2v) is 6.78. The van der Waals surface area contributed by atoms with Crippen molar-refractivity contribution in [3.8, 4) is 0 Å². The zero-order valence-electron chi connectivity index (χ0n) is 9.77. The molecular formula is C13H18ClI. The third kappa shape index (κ3) is 3.35. The molecule has 1 aromatic rings. The van der Waals surface area contributed by atoms with Crippen molar-refractivity contribution >= 4 is 34.2 Å². The Labute approximate surface area is 112 Å². The van der Waals surface area contributed by atoms with Crippen molar-refractivity contribution in [2.24, 2.45) is 0 Å². The maximum Gasteiger partial charge on any atom is 0.0638 e. The first-order valence-corrected chi connectivity index (χ1v) is 7.03. The van der Waals surface area contributed by atoms with Crippen molar-refractivity contribution < 1.29 is 0 Å². The van der Waals surface area contributed by atoms with E-state index in [9.17, 15) is 0 Å². The maximum absolute atomic E-state index is 6.26. The van der Waals surface area contributed by atoms with E-state index in [2.05, 4.69) is 60.7 Å². The molecule has 0 aliphatic carbocycles. The monoisotopic (exact) mass is 336 g/mol. The summed E-state index contributed by atoms with van der Waals surface area (Å²) in [6, 6.07) is 8.66. The molecule has 0 saturated heterocycles. The number of halogens is 2. The van der Waals surface area contributed by atoms with Gasteiger partial charge in [-0.3, -0.25) is 0 Å². The predicted octanol–water partition coefficient (Wildman–Crippen LogP) is 4.87. The van der Waals surface area contributed by atoms with Gasteiger partial charge in [-0.25, -0.2) is 0 Å². The number of hydrogen-bond acceptors (Lipinski definition) is 0. The molecule has 0 aromatic heterocycles. The van der Waals surface area contributed by atoms with Gasteiger partial charge < -0.3 is 0 Å². The normalized spacial score (nSPS) is 12.9. The third-order valence-corrected chi connectivity index (χ3v) is 4.81. The number of benzene rings is 1. The fraction of sp³-hybridized carbons (Fsp3) is 0.538. The molecular weight excluding hydrogens is 318 g/mol. The molecule has 1 aromatic carbocycles. The van der Waals surface area contributed by atoms with Crippen LogP contribution in [-0.2, 0) is 10.3 Å². The lowest BCUT2D eigenvalue weighted by atomic mass is 9.86. The van der Waals surface area contributed by atoms with Gasteiger partial charge in [-0.05, 0) is 30.4 Å². The number of hydrogen-bond donors (Lipinski definition) is 0. The Bertz CT molecular complexity index is 319. The largest absolute Gasteiger partial charge is 0.115 e. The van der Waals surface area contributed by atoms with Crippen LogP contribution in [0.4, 0.5) is 0 Å². The van der Waals surface area contributed by atoms with Gasteiger partial charge in [0, 0.05) is 4.43 Å². The molecule has 15 heavy (non-hydrogen) atoms. The summed E-state index contributed by atoms with van der Waals surface area (Å²) >= 11 is 8.69. The minimum absolute atomic E-state index is 0.246. The molecule has 0 amide bonds. The summed E-state index contributed by atoms with van der Waals surface area (Å²) < 4.78 is 1.12. The molecule has 0 aliphatic heterocycles. The Kier molecular flexibility index (Phi) is 4.10. The third-order valence-electron chi connectivity index (χ3n) is 2.69. The highest BCUT2D eigenvalue weighted by molar-refractivity contribution is 14.1. The first-order chi connectivity index (χ1) is 6.77. The van der Waals surface area contributed by atoms with Crippen LogP contribution in [0.5, 0.6) is 0 Å². The molecule has 0 atom stereocenters. The van der Waals surface area contributed by atoms with Gasteiger partial charge in [-0.1, -0.05) is 60.7 Å². The first kappa shape index (κ1) is 13.3. The van der Waals surface area contributed by atoms with Crippen molar-refractivity contribution in [3.05, 3.63) is 35.4 Å². The molecule has 0 radical (unpaired) electrons. The van der Waals surface area contributed by atoms with Gasteiger partial charge in [0.15, 0.2) is 0 Å². The highest BCUT2D eigenvalue weighted by Gasteiger charge is 2.21. The lowest BCUT2D eigenvalue weighted by molar-refractivity contribution is 0.611. The van der Waals surface area contributed by atoms with Crippen LogP contribution in [0.25, 0.3) is 0 Å². The fourth-order valence-corrected chi connectivity index (χ4v) is 1.96. The van der Waals surface area contributed by atoms with Gasteiger partial charge in [-0.2, -0.15) is 0 Å².